The number of pyridine rings is 1. The Morgan fingerprint density at radius 2 is 2.14 bits per heavy atom. The third-order valence-corrected chi connectivity index (χ3v) is 2.47. The molecule has 6 heteroatoms. The van der Waals surface area contributed by atoms with E-state index < -0.39 is 0 Å². The summed E-state index contributed by atoms with van der Waals surface area (Å²) in [6, 6.07) is 3.42. The Labute approximate surface area is 98.8 Å². The van der Waals surface area contributed by atoms with Gasteiger partial charge in [0.2, 0.25) is 0 Å². The molecule has 3 nitrogen and oxygen atoms in total. The van der Waals surface area contributed by atoms with Crippen molar-refractivity contribution in [3.8, 4) is 5.82 Å². The average molecular weight is 293 g/mol. The van der Waals surface area contributed by atoms with Crippen LogP contribution in [-0.4, -0.2) is 14.8 Å². The van der Waals surface area contributed by atoms with Crippen molar-refractivity contribution in [1.82, 2.24) is 14.8 Å². The van der Waals surface area contributed by atoms with Gasteiger partial charge in [-0.25, -0.2) is 9.67 Å². The highest BCUT2D eigenvalue weighted by atomic mass is 79.9. The Bertz CT molecular complexity index is 469. The van der Waals surface area contributed by atoms with Crippen LogP contribution in [0.1, 0.15) is 0 Å². The van der Waals surface area contributed by atoms with Crippen LogP contribution >= 0.6 is 39.1 Å². The molecule has 2 aromatic rings. The summed E-state index contributed by atoms with van der Waals surface area (Å²) in [7, 11) is 0. The van der Waals surface area contributed by atoms with Crippen molar-refractivity contribution >= 4 is 39.1 Å². The van der Waals surface area contributed by atoms with Crippen molar-refractivity contribution in [2.75, 3.05) is 0 Å². The van der Waals surface area contributed by atoms with Crippen LogP contribution in [-0.2, 0) is 0 Å². The van der Waals surface area contributed by atoms with Crippen LogP contribution in [0.4, 0.5) is 0 Å². The van der Waals surface area contributed by atoms with Gasteiger partial charge in [-0.3, -0.25) is 0 Å². The summed E-state index contributed by atoms with van der Waals surface area (Å²) in [6.07, 6.45) is 3.28. The first kappa shape index (κ1) is 9.96. The van der Waals surface area contributed by atoms with Crippen molar-refractivity contribution < 1.29 is 0 Å². The van der Waals surface area contributed by atoms with Crippen LogP contribution in [0.3, 0.4) is 0 Å². The van der Waals surface area contributed by atoms with Gasteiger partial charge in [0.25, 0.3) is 0 Å². The van der Waals surface area contributed by atoms with Crippen LogP contribution in [0, 0.1) is 0 Å². The maximum Gasteiger partial charge on any atom is 0.172 e. The maximum absolute atomic E-state index is 5.95. The molecule has 2 rings (SSSR count). The SMILES string of the molecule is Clc1cnc(-n2ccc(Br)n2)c(Cl)c1. The molecule has 2 aromatic heterocycles. The minimum atomic E-state index is 0.466. The summed E-state index contributed by atoms with van der Waals surface area (Å²) in [4.78, 5) is 4.08. The van der Waals surface area contributed by atoms with Gasteiger partial charge >= 0.3 is 0 Å². The maximum atomic E-state index is 5.95. The number of hydrogen-bond donors (Lipinski definition) is 0. The lowest BCUT2D eigenvalue weighted by Crippen LogP contribution is -1.98. The van der Waals surface area contributed by atoms with Gasteiger partial charge in [0, 0.05) is 12.4 Å². The zero-order valence-electron chi connectivity index (χ0n) is 6.78. The molecule has 0 saturated heterocycles. The van der Waals surface area contributed by atoms with E-state index in [0.717, 1.165) is 4.60 Å². The number of rotatable bonds is 1. The molecule has 0 aromatic carbocycles. The Hall–Kier alpha value is -0.580. The second kappa shape index (κ2) is 3.88. The van der Waals surface area contributed by atoms with Crippen LogP contribution in [0.25, 0.3) is 5.82 Å². The molecule has 0 atom stereocenters. The highest BCUT2D eigenvalue weighted by Gasteiger charge is 2.06. The van der Waals surface area contributed by atoms with E-state index >= 15 is 0 Å². The molecule has 0 bridgehead atoms. The number of halogens is 3. The lowest BCUT2D eigenvalue weighted by molar-refractivity contribution is 0.839. The van der Waals surface area contributed by atoms with Gasteiger partial charge in [-0.2, -0.15) is 5.10 Å². The lowest BCUT2D eigenvalue weighted by atomic mass is 10.4. The molecular formula is C8H4BrCl2N3. The molecule has 0 fully saturated rings. The van der Waals surface area contributed by atoms with Gasteiger partial charge in [0.1, 0.15) is 4.60 Å². The molecular weight excluding hydrogens is 289 g/mol. The van der Waals surface area contributed by atoms with Gasteiger partial charge < -0.3 is 0 Å². The Morgan fingerprint density at radius 1 is 1.36 bits per heavy atom. The zero-order chi connectivity index (χ0) is 10.1. The van der Waals surface area contributed by atoms with E-state index in [2.05, 4.69) is 26.0 Å². The van der Waals surface area contributed by atoms with Crippen molar-refractivity contribution in [3.63, 3.8) is 0 Å². The van der Waals surface area contributed by atoms with E-state index in [1.54, 1.807) is 23.0 Å². The van der Waals surface area contributed by atoms with E-state index in [-0.39, 0.29) is 0 Å². The minimum absolute atomic E-state index is 0.466. The first-order valence-corrected chi connectivity index (χ1v) is 5.24. The second-order valence-corrected chi connectivity index (χ2v) is 4.20. The van der Waals surface area contributed by atoms with Gasteiger partial charge in [0.15, 0.2) is 5.82 Å². The van der Waals surface area contributed by atoms with E-state index in [1.807, 2.05) is 0 Å². The normalized spacial score (nSPS) is 10.5. The molecule has 0 aliphatic carbocycles. The van der Waals surface area contributed by atoms with Crippen LogP contribution in [0.2, 0.25) is 10.0 Å². The Morgan fingerprint density at radius 3 is 2.71 bits per heavy atom. The molecule has 0 amide bonds. The molecule has 14 heavy (non-hydrogen) atoms. The monoisotopic (exact) mass is 291 g/mol. The van der Waals surface area contributed by atoms with Crippen molar-refractivity contribution in [2.24, 2.45) is 0 Å². The minimum Gasteiger partial charge on any atom is -0.234 e. The standard InChI is InChI=1S/C8H4BrCl2N3/c9-7-1-2-14(13-7)8-6(11)3-5(10)4-12-8/h1-4H. The van der Waals surface area contributed by atoms with Gasteiger partial charge in [-0.05, 0) is 28.1 Å². The molecule has 0 unspecified atom stereocenters. The van der Waals surface area contributed by atoms with Crippen molar-refractivity contribution in [2.45, 2.75) is 0 Å². The smallest absolute Gasteiger partial charge is 0.172 e. The predicted molar refractivity (Wildman–Crippen MR) is 59.1 cm³/mol. The summed E-state index contributed by atoms with van der Waals surface area (Å²) in [5.74, 6) is 0.557. The summed E-state index contributed by atoms with van der Waals surface area (Å²) in [6.45, 7) is 0. The van der Waals surface area contributed by atoms with E-state index in [0.29, 0.717) is 15.9 Å². The fourth-order valence-electron chi connectivity index (χ4n) is 0.996. The summed E-state index contributed by atoms with van der Waals surface area (Å²) >= 11 is 14.9. The molecule has 0 saturated carbocycles. The highest BCUT2D eigenvalue weighted by molar-refractivity contribution is 9.10. The van der Waals surface area contributed by atoms with Crippen LogP contribution < -0.4 is 0 Å². The van der Waals surface area contributed by atoms with Gasteiger partial charge in [0.05, 0.1) is 10.0 Å². The summed E-state index contributed by atoms with van der Waals surface area (Å²) in [5.41, 5.74) is 0. The third kappa shape index (κ3) is 1.92. The fraction of sp³-hybridized carbons (Fsp3) is 0. The predicted octanol–water partition coefficient (Wildman–Crippen LogP) is 3.34. The van der Waals surface area contributed by atoms with Gasteiger partial charge in [-0.1, -0.05) is 23.2 Å². The quantitative estimate of drug-likeness (QED) is 0.807. The first-order valence-electron chi connectivity index (χ1n) is 3.69. The van der Waals surface area contributed by atoms with Crippen LogP contribution in [0.15, 0.2) is 29.1 Å². The largest absolute Gasteiger partial charge is 0.234 e. The average Bonchev–Trinajstić information content (AvgIpc) is 2.51. The van der Waals surface area contributed by atoms with E-state index in [4.69, 9.17) is 23.2 Å². The molecule has 0 aliphatic heterocycles. The van der Waals surface area contributed by atoms with Crippen molar-refractivity contribution in [1.29, 1.82) is 0 Å². The van der Waals surface area contributed by atoms with Gasteiger partial charge in [-0.15, -0.1) is 0 Å². The number of hydrogen-bond acceptors (Lipinski definition) is 2. The Balaban J connectivity index is 2.52. The fourth-order valence-corrected chi connectivity index (χ4v) is 1.75. The number of aromatic nitrogens is 3. The second-order valence-electron chi connectivity index (χ2n) is 2.54. The molecule has 0 radical (unpaired) electrons. The third-order valence-electron chi connectivity index (χ3n) is 1.56. The number of nitrogens with zero attached hydrogens (tertiary/aromatic N) is 3. The molecule has 0 aliphatic rings. The van der Waals surface area contributed by atoms with Crippen LogP contribution in [0.5, 0.6) is 0 Å². The van der Waals surface area contributed by atoms with E-state index in [1.165, 1.54) is 6.20 Å². The molecule has 72 valence electrons. The topological polar surface area (TPSA) is 30.7 Å². The lowest BCUT2D eigenvalue weighted by Gasteiger charge is -2.02. The van der Waals surface area contributed by atoms with E-state index in [9.17, 15) is 0 Å². The molecule has 0 spiro atoms. The van der Waals surface area contributed by atoms with Crippen molar-refractivity contribution in [3.05, 3.63) is 39.2 Å². The highest BCUT2D eigenvalue weighted by Crippen LogP contribution is 2.21. The molecule has 2 heterocycles. The summed E-state index contributed by atoms with van der Waals surface area (Å²) in [5, 5.41) is 5.09. The zero-order valence-corrected chi connectivity index (χ0v) is 9.88. The molecule has 0 N–H and O–H groups in total. The Kier molecular flexibility index (Phi) is 2.76. The summed E-state index contributed by atoms with van der Waals surface area (Å²) < 4.78 is 2.30. The first-order chi connectivity index (χ1) is 6.66.